The molecule has 2 aliphatic heterocycles. The van der Waals surface area contributed by atoms with E-state index in [0.29, 0.717) is 12.5 Å². The Hall–Kier alpha value is -2.24. The van der Waals surface area contributed by atoms with Crippen LogP contribution < -0.4 is 15.8 Å². The number of hydrogen-bond donors (Lipinski definition) is 2. The molecule has 0 radical (unpaired) electrons. The van der Waals surface area contributed by atoms with E-state index in [1.807, 2.05) is 20.8 Å². The number of nitrogens with two attached hydrogens (primary N) is 1. The molecule has 2 heterocycles. The number of amides is 1. The van der Waals surface area contributed by atoms with E-state index >= 15 is 0 Å². The SMILES string of the molecule is CC(C)(C)C(=O)NC1CCC2Oc3ccc(C4CCCCC4)cc3C3(COC(N)=N3)C2C1. The number of ether oxygens (including phenoxy) is 2. The second kappa shape index (κ2) is 7.96. The summed E-state index contributed by atoms with van der Waals surface area (Å²) in [6.45, 7) is 6.32. The molecule has 4 unspecified atom stereocenters. The van der Waals surface area contributed by atoms with Gasteiger partial charge in [-0.2, -0.15) is 0 Å². The third kappa shape index (κ3) is 3.75. The molecule has 4 atom stereocenters. The number of fused-ring (bicyclic) bond motifs is 4. The minimum atomic E-state index is -0.530. The van der Waals surface area contributed by atoms with Crippen molar-refractivity contribution in [1.29, 1.82) is 0 Å². The van der Waals surface area contributed by atoms with E-state index in [-0.39, 0.29) is 30.0 Å². The van der Waals surface area contributed by atoms with E-state index in [9.17, 15) is 4.79 Å². The third-order valence-electron chi connectivity index (χ3n) is 7.99. The summed E-state index contributed by atoms with van der Waals surface area (Å²) in [6, 6.07) is 7.10. The lowest BCUT2D eigenvalue weighted by molar-refractivity contribution is -0.130. The van der Waals surface area contributed by atoms with Crippen molar-refractivity contribution in [2.75, 3.05) is 6.61 Å². The maximum atomic E-state index is 12.7. The summed E-state index contributed by atoms with van der Waals surface area (Å²) < 4.78 is 12.3. The molecule has 1 amide bonds. The molecular formula is C26H37N3O3. The third-order valence-corrected chi connectivity index (χ3v) is 7.99. The quantitative estimate of drug-likeness (QED) is 0.717. The maximum Gasteiger partial charge on any atom is 0.283 e. The summed E-state index contributed by atoms with van der Waals surface area (Å²) in [4.78, 5) is 17.6. The number of carbonyl (C=O) groups is 1. The highest BCUT2D eigenvalue weighted by molar-refractivity contribution is 5.81. The molecule has 3 N–H and O–H groups in total. The summed E-state index contributed by atoms with van der Waals surface area (Å²) in [6.07, 6.45) is 9.13. The van der Waals surface area contributed by atoms with Gasteiger partial charge in [0.15, 0.2) is 0 Å². The van der Waals surface area contributed by atoms with Gasteiger partial charge in [0.1, 0.15) is 24.0 Å². The molecule has 0 bridgehead atoms. The molecule has 2 fully saturated rings. The van der Waals surface area contributed by atoms with Crippen molar-refractivity contribution in [3.05, 3.63) is 29.3 Å². The zero-order chi connectivity index (χ0) is 22.5. The van der Waals surface area contributed by atoms with Crippen LogP contribution in [0.3, 0.4) is 0 Å². The Bertz CT molecular complexity index is 915. The van der Waals surface area contributed by atoms with Crippen LogP contribution in [0.1, 0.15) is 89.2 Å². The van der Waals surface area contributed by atoms with Crippen molar-refractivity contribution in [3.8, 4) is 5.75 Å². The van der Waals surface area contributed by atoms with E-state index in [4.69, 9.17) is 20.2 Å². The van der Waals surface area contributed by atoms with Gasteiger partial charge >= 0.3 is 0 Å². The molecule has 1 aromatic carbocycles. The van der Waals surface area contributed by atoms with Gasteiger partial charge in [-0.15, -0.1) is 0 Å². The van der Waals surface area contributed by atoms with Crippen LogP contribution in [0.5, 0.6) is 5.75 Å². The zero-order valence-corrected chi connectivity index (χ0v) is 19.7. The van der Waals surface area contributed by atoms with Gasteiger partial charge in [0.2, 0.25) is 5.91 Å². The van der Waals surface area contributed by atoms with E-state index in [1.54, 1.807) is 0 Å². The molecule has 32 heavy (non-hydrogen) atoms. The van der Waals surface area contributed by atoms with E-state index in [2.05, 4.69) is 23.5 Å². The van der Waals surface area contributed by atoms with Crippen LogP contribution in [0, 0.1) is 11.3 Å². The Labute approximate surface area is 191 Å². The van der Waals surface area contributed by atoms with Gasteiger partial charge in [0.25, 0.3) is 6.02 Å². The van der Waals surface area contributed by atoms with Crippen molar-refractivity contribution < 1.29 is 14.3 Å². The van der Waals surface area contributed by atoms with E-state index < -0.39 is 11.0 Å². The van der Waals surface area contributed by atoms with Gasteiger partial charge in [-0.1, -0.05) is 46.1 Å². The van der Waals surface area contributed by atoms with Crippen molar-refractivity contribution >= 4 is 11.9 Å². The number of rotatable bonds is 2. The normalized spacial score (nSPS) is 32.3. The molecule has 6 nitrogen and oxygen atoms in total. The van der Waals surface area contributed by atoms with Gasteiger partial charge in [-0.3, -0.25) is 4.79 Å². The van der Waals surface area contributed by atoms with Gasteiger partial charge in [0.05, 0.1) is 0 Å². The van der Waals surface area contributed by atoms with Crippen molar-refractivity contribution in [1.82, 2.24) is 5.32 Å². The van der Waals surface area contributed by atoms with Crippen molar-refractivity contribution in [2.24, 2.45) is 22.1 Å². The van der Waals surface area contributed by atoms with Crippen LogP contribution >= 0.6 is 0 Å². The largest absolute Gasteiger partial charge is 0.490 e. The molecule has 174 valence electrons. The smallest absolute Gasteiger partial charge is 0.283 e. The Balaban J connectivity index is 1.48. The zero-order valence-electron chi connectivity index (χ0n) is 19.7. The number of carbonyl (C=O) groups excluding carboxylic acids is 1. The van der Waals surface area contributed by atoms with Gasteiger partial charge in [0, 0.05) is 22.9 Å². The molecule has 0 aromatic heterocycles. The summed E-state index contributed by atoms with van der Waals surface area (Å²) >= 11 is 0. The number of amidine groups is 1. The molecule has 2 saturated carbocycles. The summed E-state index contributed by atoms with van der Waals surface area (Å²) in [5, 5.41) is 3.28. The highest BCUT2D eigenvalue weighted by Gasteiger charge is 2.55. The van der Waals surface area contributed by atoms with Gasteiger partial charge < -0.3 is 20.5 Å². The van der Waals surface area contributed by atoms with Crippen LogP contribution in [0.4, 0.5) is 0 Å². The first-order chi connectivity index (χ1) is 15.3. The lowest BCUT2D eigenvalue weighted by atomic mass is 9.66. The van der Waals surface area contributed by atoms with Crippen LogP contribution in [0.15, 0.2) is 23.2 Å². The first kappa shape index (κ1) is 21.6. The fourth-order valence-corrected chi connectivity index (χ4v) is 6.13. The van der Waals surface area contributed by atoms with E-state index in [1.165, 1.54) is 37.7 Å². The number of hydrogen-bond acceptors (Lipinski definition) is 5. The standard InChI is InChI=1S/C26H37N3O3/c1-25(2,3)23(30)28-18-10-12-22-20(14-18)26(15-31-24(27)29-26)19-13-17(9-11-21(19)32-22)16-7-5-4-6-8-16/h9,11,13,16,18,20,22H,4-8,10,12,14-15H2,1-3H3,(H2,27,29)(H,28,30). The maximum absolute atomic E-state index is 12.7. The Kier molecular flexibility index (Phi) is 5.37. The van der Waals surface area contributed by atoms with Crippen molar-refractivity contribution in [2.45, 2.75) is 95.7 Å². The first-order valence-electron chi connectivity index (χ1n) is 12.4. The molecule has 0 saturated heterocycles. The second-order valence-electron chi connectivity index (χ2n) is 11.2. The van der Waals surface area contributed by atoms with Gasteiger partial charge in [-0.05, 0) is 55.7 Å². The number of nitrogens with zero attached hydrogens (tertiary/aromatic N) is 1. The first-order valence-corrected chi connectivity index (χ1v) is 12.4. The highest BCUT2D eigenvalue weighted by atomic mass is 16.5. The van der Waals surface area contributed by atoms with Crippen LogP contribution in [-0.2, 0) is 15.1 Å². The van der Waals surface area contributed by atoms with Crippen molar-refractivity contribution in [3.63, 3.8) is 0 Å². The van der Waals surface area contributed by atoms with Gasteiger partial charge in [-0.25, -0.2) is 4.99 Å². The molecule has 2 aliphatic carbocycles. The second-order valence-corrected chi connectivity index (χ2v) is 11.2. The molecule has 6 heteroatoms. The number of aliphatic imine (C=N–C) groups is 1. The molecule has 1 spiro atoms. The Morgan fingerprint density at radius 1 is 1.16 bits per heavy atom. The van der Waals surface area contributed by atoms with Crippen LogP contribution in [-0.4, -0.2) is 30.7 Å². The predicted octanol–water partition coefficient (Wildman–Crippen LogP) is 4.37. The average molecular weight is 440 g/mol. The molecule has 1 aromatic rings. The predicted molar refractivity (Wildman–Crippen MR) is 125 cm³/mol. The van der Waals surface area contributed by atoms with Crippen LogP contribution in [0.2, 0.25) is 0 Å². The topological polar surface area (TPSA) is 85.9 Å². The van der Waals surface area contributed by atoms with E-state index in [0.717, 1.165) is 30.6 Å². The summed E-state index contributed by atoms with van der Waals surface area (Å²) in [7, 11) is 0. The fraction of sp³-hybridized carbons (Fsp3) is 0.692. The number of benzene rings is 1. The fourth-order valence-electron chi connectivity index (χ4n) is 6.13. The lowest BCUT2D eigenvalue weighted by Gasteiger charge is -2.48. The number of nitrogens with one attached hydrogen (secondary N) is 1. The molecule has 4 aliphatic rings. The minimum Gasteiger partial charge on any atom is -0.490 e. The Morgan fingerprint density at radius 2 is 1.94 bits per heavy atom. The monoisotopic (exact) mass is 439 g/mol. The lowest BCUT2D eigenvalue weighted by Crippen LogP contribution is -2.55. The average Bonchev–Trinajstić information content (AvgIpc) is 3.16. The minimum absolute atomic E-state index is 0.0593. The summed E-state index contributed by atoms with van der Waals surface area (Å²) in [5.41, 5.74) is 7.66. The molecule has 5 rings (SSSR count). The summed E-state index contributed by atoms with van der Waals surface area (Å²) in [5.74, 6) is 1.75. The molecular weight excluding hydrogens is 402 g/mol. The van der Waals surface area contributed by atoms with Crippen LogP contribution in [0.25, 0.3) is 0 Å². The Morgan fingerprint density at radius 3 is 2.62 bits per heavy atom. The highest BCUT2D eigenvalue weighted by Crippen LogP contribution is 2.53.